The summed E-state index contributed by atoms with van der Waals surface area (Å²) in [5.41, 5.74) is 1.73. The Bertz CT molecular complexity index is 861. The van der Waals surface area contributed by atoms with E-state index in [0.717, 1.165) is 17.8 Å². The quantitative estimate of drug-likeness (QED) is 0.295. The zero-order valence-electron chi connectivity index (χ0n) is 17.3. The lowest BCUT2D eigenvalue weighted by atomic mass is 10.1. The van der Waals surface area contributed by atoms with Crippen molar-refractivity contribution in [3.05, 3.63) is 54.1 Å². The maximum absolute atomic E-state index is 12.4. The van der Waals surface area contributed by atoms with Crippen molar-refractivity contribution in [3.63, 3.8) is 0 Å². The molecule has 1 heterocycles. The molecule has 1 aliphatic heterocycles. The number of rotatable bonds is 7. The summed E-state index contributed by atoms with van der Waals surface area (Å²) >= 11 is 0. The van der Waals surface area contributed by atoms with E-state index in [4.69, 9.17) is 4.74 Å². The molecule has 1 aliphatic rings. The van der Waals surface area contributed by atoms with Gasteiger partial charge in [-0.3, -0.25) is 9.79 Å². The van der Waals surface area contributed by atoms with Crippen LogP contribution in [0.3, 0.4) is 0 Å². The lowest BCUT2D eigenvalue weighted by molar-refractivity contribution is -0.117. The number of hydrogen-bond donors (Lipinski definition) is 3. The molecule has 0 bridgehead atoms. The third-order valence-corrected chi connectivity index (χ3v) is 4.82. The van der Waals surface area contributed by atoms with Gasteiger partial charge in [-0.1, -0.05) is 24.3 Å². The number of methoxy groups -OCH3 is 1. The van der Waals surface area contributed by atoms with Crippen molar-refractivity contribution in [1.29, 1.82) is 0 Å². The number of carbonyl (C=O) groups excluding carboxylic acids is 1. The number of halogens is 1. The second kappa shape index (κ2) is 11.6. The minimum atomic E-state index is -0.00473. The van der Waals surface area contributed by atoms with Gasteiger partial charge in [-0.2, -0.15) is 0 Å². The number of phenols is 1. The largest absolute Gasteiger partial charge is 0.508 e. The molecule has 2 aromatic rings. The number of guanidine groups is 1. The summed E-state index contributed by atoms with van der Waals surface area (Å²) in [6, 6.07) is 15.0. The second-order valence-corrected chi connectivity index (χ2v) is 6.89. The Labute approximate surface area is 194 Å². The summed E-state index contributed by atoms with van der Waals surface area (Å²) in [5, 5.41) is 16.7. The highest BCUT2D eigenvalue weighted by Crippen LogP contribution is 2.24. The molecule has 1 fully saturated rings. The van der Waals surface area contributed by atoms with Crippen LogP contribution in [0.4, 0.5) is 5.69 Å². The van der Waals surface area contributed by atoms with Gasteiger partial charge >= 0.3 is 0 Å². The molecular formula is C22H29IN4O3. The number of hydrogen-bond acceptors (Lipinski definition) is 4. The zero-order valence-corrected chi connectivity index (χ0v) is 19.6. The Balaban J connectivity index is 0.00000320. The predicted octanol–water partition coefficient (Wildman–Crippen LogP) is 2.92. The van der Waals surface area contributed by atoms with Crippen LogP contribution in [0.25, 0.3) is 0 Å². The smallest absolute Gasteiger partial charge is 0.229 e. The Hall–Kier alpha value is -2.49. The van der Waals surface area contributed by atoms with E-state index in [-0.39, 0.29) is 41.7 Å². The molecule has 2 aromatic carbocycles. The first kappa shape index (κ1) is 23.8. The van der Waals surface area contributed by atoms with Crippen LogP contribution < -0.4 is 20.3 Å². The van der Waals surface area contributed by atoms with Gasteiger partial charge in [-0.15, -0.1) is 24.0 Å². The molecule has 0 saturated carbocycles. The number of carbonyl (C=O) groups is 1. The maximum atomic E-state index is 12.4. The fourth-order valence-corrected chi connectivity index (χ4v) is 3.35. The molecule has 0 aromatic heterocycles. The molecule has 3 N–H and O–H groups in total. The number of aromatic hydroxyl groups is 1. The average Bonchev–Trinajstić information content (AvgIpc) is 3.10. The van der Waals surface area contributed by atoms with E-state index < -0.39 is 0 Å². The molecule has 1 amide bonds. The number of nitrogens with zero attached hydrogens (tertiary/aromatic N) is 2. The van der Waals surface area contributed by atoms with Crippen LogP contribution in [0.15, 0.2) is 53.5 Å². The van der Waals surface area contributed by atoms with Crippen molar-refractivity contribution in [3.8, 4) is 11.5 Å². The molecule has 1 atom stereocenters. The van der Waals surface area contributed by atoms with Gasteiger partial charge in [0, 0.05) is 37.8 Å². The van der Waals surface area contributed by atoms with Crippen molar-refractivity contribution in [2.75, 3.05) is 31.6 Å². The summed E-state index contributed by atoms with van der Waals surface area (Å²) in [4.78, 5) is 18.8. The number of anilines is 1. The minimum Gasteiger partial charge on any atom is -0.508 e. The lowest BCUT2D eigenvalue weighted by Crippen LogP contribution is -2.44. The zero-order chi connectivity index (χ0) is 20.6. The van der Waals surface area contributed by atoms with E-state index in [9.17, 15) is 9.90 Å². The van der Waals surface area contributed by atoms with Crippen LogP contribution in [0.2, 0.25) is 0 Å². The Morgan fingerprint density at radius 2 is 2.03 bits per heavy atom. The maximum Gasteiger partial charge on any atom is 0.229 e. The SMILES string of the molecule is CCNC(=NCCc1ccc(OC)cc1O)NC1CC(=O)N(c2ccccc2)C1.I. The molecule has 30 heavy (non-hydrogen) atoms. The summed E-state index contributed by atoms with van der Waals surface area (Å²) in [7, 11) is 1.57. The van der Waals surface area contributed by atoms with Crippen LogP contribution in [0, 0.1) is 0 Å². The van der Waals surface area contributed by atoms with Gasteiger partial charge in [0.1, 0.15) is 11.5 Å². The van der Waals surface area contributed by atoms with Gasteiger partial charge in [0.05, 0.1) is 13.2 Å². The van der Waals surface area contributed by atoms with Crippen LogP contribution in [0.5, 0.6) is 11.5 Å². The fraction of sp³-hybridized carbons (Fsp3) is 0.364. The average molecular weight is 524 g/mol. The molecular weight excluding hydrogens is 495 g/mol. The van der Waals surface area contributed by atoms with Gasteiger partial charge < -0.3 is 25.4 Å². The normalized spacial score (nSPS) is 16.2. The monoisotopic (exact) mass is 524 g/mol. The first-order chi connectivity index (χ1) is 14.1. The second-order valence-electron chi connectivity index (χ2n) is 6.89. The molecule has 1 unspecified atom stereocenters. The lowest BCUT2D eigenvalue weighted by Gasteiger charge is -2.19. The summed E-state index contributed by atoms with van der Waals surface area (Å²) in [6.45, 7) is 3.84. The summed E-state index contributed by atoms with van der Waals surface area (Å²) in [6.07, 6.45) is 1.03. The first-order valence-corrected chi connectivity index (χ1v) is 9.87. The molecule has 0 spiro atoms. The molecule has 0 aliphatic carbocycles. The van der Waals surface area contributed by atoms with E-state index >= 15 is 0 Å². The number of benzene rings is 2. The van der Waals surface area contributed by atoms with Gasteiger partial charge in [-0.05, 0) is 37.1 Å². The number of amides is 1. The number of para-hydroxylation sites is 1. The van der Waals surface area contributed by atoms with Crippen molar-refractivity contribution in [2.24, 2.45) is 4.99 Å². The van der Waals surface area contributed by atoms with E-state index in [1.165, 1.54) is 0 Å². The third-order valence-electron chi connectivity index (χ3n) is 4.82. The van der Waals surface area contributed by atoms with Crippen molar-refractivity contribution in [2.45, 2.75) is 25.8 Å². The van der Waals surface area contributed by atoms with Crippen molar-refractivity contribution >= 4 is 41.5 Å². The van der Waals surface area contributed by atoms with E-state index in [1.807, 2.05) is 49.4 Å². The van der Waals surface area contributed by atoms with Crippen molar-refractivity contribution < 1.29 is 14.6 Å². The van der Waals surface area contributed by atoms with E-state index in [0.29, 0.717) is 37.6 Å². The standard InChI is InChI=1S/C22H28N4O3.HI/c1-3-23-22(24-12-11-16-9-10-19(29-2)14-20(16)27)25-17-13-21(28)26(15-17)18-7-5-4-6-8-18;/h4-10,14,17,27H,3,11-13,15H2,1-2H3,(H2,23,24,25);1H. The van der Waals surface area contributed by atoms with Gasteiger partial charge in [0.2, 0.25) is 5.91 Å². The topological polar surface area (TPSA) is 86.2 Å². The number of nitrogens with one attached hydrogen (secondary N) is 2. The summed E-state index contributed by atoms with van der Waals surface area (Å²) < 4.78 is 5.11. The van der Waals surface area contributed by atoms with Crippen LogP contribution in [0.1, 0.15) is 18.9 Å². The van der Waals surface area contributed by atoms with Gasteiger partial charge in [0.25, 0.3) is 0 Å². The molecule has 7 nitrogen and oxygen atoms in total. The Morgan fingerprint density at radius 3 is 2.70 bits per heavy atom. The molecule has 162 valence electrons. The highest BCUT2D eigenvalue weighted by molar-refractivity contribution is 14.0. The molecule has 0 radical (unpaired) electrons. The molecule has 1 saturated heterocycles. The molecule has 8 heteroatoms. The Morgan fingerprint density at radius 1 is 1.27 bits per heavy atom. The van der Waals surface area contributed by atoms with Crippen molar-refractivity contribution in [1.82, 2.24) is 10.6 Å². The number of ether oxygens (including phenoxy) is 1. The van der Waals surface area contributed by atoms with Gasteiger partial charge in [-0.25, -0.2) is 0 Å². The summed E-state index contributed by atoms with van der Waals surface area (Å²) in [5.74, 6) is 1.61. The highest BCUT2D eigenvalue weighted by atomic mass is 127. The van der Waals surface area contributed by atoms with Crippen LogP contribution >= 0.6 is 24.0 Å². The fourth-order valence-electron chi connectivity index (χ4n) is 3.35. The highest BCUT2D eigenvalue weighted by Gasteiger charge is 2.31. The van der Waals surface area contributed by atoms with E-state index in [2.05, 4.69) is 15.6 Å². The number of aliphatic imine (C=N–C) groups is 1. The minimum absolute atomic E-state index is 0. The van der Waals surface area contributed by atoms with Gasteiger partial charge in [0.15, 0.2) is 5.96 Å². The van der Waals surface area contributed by atoms with Crippen LogP contribution in [-0.2, 0) is 11.2 Å². The Kier molecular flexibility index (Phi) is 9.22. The van der Waals surface area contributed by atoms with E-state index in [1.54, 1.807) is 18.1 Å². The van der Waals surface area contributed by atoms with Crippen LogP contribution in [-0.4, -0.2) is 49.8 Å². The predicted molar refractivity (Wildman–Crippen MR) is 130 cm³/mol. The number of phenolic OH excluding ortho intramolecular Hbond substituents is 1. The molecule has 3 rings (SSSR count). The first-order valence-electron chi connectivity index (χ1n) is 9.87. The third kappa shape index (κ3) is 6.25.